The van der Waals surface area contributed by atoms with Gasteiger partial charge >= 0.3 is 0 Å². The molecule has 0 amide bonds. The van der Waals surface area contributed by atoms with Crippen LogP contribution in [0.15, 0.2) is 11.8 Å². The van der Waals surface area contributed by atoms with Crippen LogP contribution in [-0.2, 0) is 0 Å². The van der Waals surface area contributed by atoms with Gasteiger partial charge in [-0.2, -0.15) is 5.26 Å². The molecule has 3 heteroatoms. The highest BCUT2D eigenvalue weighted by atomic mass is 15.2. The molecule has 1 saturated carbocycles. The van der Waals surface area contributed by atoms with Gasteiger partial charge in [0.1, 0.15) is 0 Å². The van der Waals surface area contributed by atoms with E-state index in [9.17, 15) is 0 Å². The third-order valence-electron chi connectivity index (χ3n) is 2.18. The topological polar surface area (TPSA) is 61.8 Å². The average Bonchev–Trinajstić information content (AvgIpc) is 2.52. The first-order valence-corrected chi connectivity index (χ1v) is 3.94. The maximum atomic E-state index is 8.41. The van der Waals surface area contributed by atoms with E-state index in [-0.39, 0.29) is 0 Å². The van der Waals surface area contributed by atoms with Crippen LogP contribution in [0.4, 0.5) is 0 Å². The van der Waals surface area contributed by atoms with Crippen LogP contribution in [0.3, 0.4) is 0 Å². The molecule has 0 aromatic heterocycles. The summed E-state index contributed by atoms with van der Waals surface area (Å²) in [6.07, 6.45) is 6.36. The van der Waals surface area contributed by atoms with Crippen LogP contribution in [-0.4, -0.2) is 0 Å². The van der Waals surface area contributed by atoms with E-state index in [1.807, 2.05) is 6.07 Å². The SMILES string of the molecule is N#C/C=C(\NN)C1CCCC1. The Hall–Kier alpha value is -1.01. The fraction of sp³-hybridized carbons (Fsp3) is 0.625. The molecule has 0 bridgehead atoms. The minimum atomic E-state index is 0.500. The smallest absolute Gasteiger partial charge is 0.0930 e. The van der Waals surface area contributed by atoms with Crippen LogP contribution in [0.1, 0.15) is 25.7 Å². The summed E-state index contributed by atoms with van der Waals surface area (Å²) in [5.74, 6) is 5.77. The van der Waals surface area contributed by atoms with E-state index in [2.05, 4.69) is 5.43 Å². The lowest BCUT2D eigenvalue weighted by Crippen LogP contribution is -2.25. The molecule has 1 aliphatic rings. The third kappa shape index (κ3) is 1.95. The molecule has 1 fully saturated rings. The summed E-state index contributed by atoms with van der Waals surface area (Å²) in [5, 5.41) is 8.41. The van der Waals surface area contributed by atoms with Crippen LogP contribution < -0.4 is 11.3 Å². The van der Waals surface area contributed by atoms with Gasteiger partial charge in [0.05, 0.1) is 6.07 Å². The van der Waals surface area contributed by atoms with Crippen molar-refractivity contribution < 1.29 is 0 Å². The van der Waals surface area contributed by atoms with E-state index in [1.54, 1.807) is 0 Å². The van der Waals surface area contributed by atoms with Gasteiger partial charge in [-0.15, -0.1) is 0 Å². The summed E-state index contributed by atoms with van der Waals surface area (Å²) in [5.41, 5.74) is 3.48. The van der Waals surface area contributed by atoms with Crippen molar-refractivity contribution in [1.29, 1.82) is 5.26 Å². The van der Waals surface area contributed by atoms with Crippen molar-refractivity contribution in [3.05, 3.63) is 11.8 Å². The van der Waals surface area contributed by atoms with Gasteiger partial charge in [-0.05, 0) is 12.8 Å². The van der Waals surface area contributed by atoms with Crippen molar-refractivity contribution in [2.75, 3.05) is 0 Å². The maximum absolute atomic E-state index is 8.41. The summed E-state index contributed by atoms with van der Waals surface area (Å²) < 4.78 is 0. The molecule has 0 unspecified atom stereocenters. The molecule has 0 aromatic rings. The average molecular weight is 151 g/mol. The molecule has 0 spiro atoms. The first-order chi connectivity index (χ1) is 5.38. The highest BCUT2D eigenvalue weighted by Gasteiger charge is 2.18. The lowest BCUT2D eigenvalue weighted by Gasteiger charge is -2.11. The number of hydrogen-bond acceptors (Lipinski definition) is 3. The molecule has 1 rings (SSSR count). The molecule has 0 aliphatic heterocycles. The quantitative estimate of drug-likeness (QED) is 0.352. The maximum Gasteiger partial charge on any atom is 0.0930 e. The number of nitrogens with zero attached hydrogens (tertiary/aromatic N) is 1. The second-order valence-electron chi connectivity index (χ2n) is 2.85. The molecular weight excluding hydrogens is 138 g/mol. The van der Waals surface area contributed by atoms with Gasteiger partial charge in [0.15, 0.2) is 0 Å². The fourth-order valence-corrected chi connectivity index (χ4v) is 1.58. The molecule has 0 radical (unpaired) electrons. The number of allylic oxidation sites excluding steroid dienone is 2. The second-order valence-corrected chi connectivity index (χ2v) is 2.85. The van der Waals surface area contributed by atoms with Gasteiger partial charge in [0, 0.05) is 17.7 Å². The molecule has 11 heavy (non-hydrogen) atoms. The molecule has 60 valence electrons. The van der Waals surface area contributed by atoms with E-state index in [1.165, 1.54) is 18.9 Å². The number of hydrazine groups is 1. The van der Waals surface area contributed by atoms with Crippen LogP contribution in [0.5, 0.6) is 0 Å². The molecule has 0 heterocycles. The highest BCUT2D eigenvalue weighted by Crippen LogP contribution is 2.29. The zero-order chi connectivity index (χ0) is 8.10. The van der Waals surface area contributed by atoms with E-state index in [4.69, 9.17) is 11.1 Å². The molecule has 3 N–H and O–H groups in total. The molecule has 1 aliphatic carbocycles. The largest absolute Gasteiger partial charge is 0.327 e. The van der Waals surface area contributed by atoms with Crippen LogP contribution in [0.2, 0.25) is 0 Å². The zero-order valence-electron chi connectivity index (χ0n) is 6.51. The van der Waals surface area contributed by atoms with Crippen molar-refractivity contribution in [2.24, 2.45) is 11.8 Å². The fourth-order valence-electron chi connectivity index (χ4n) is 1.58. The minimum Gasteiger partial charge on any atom is -0.327 e. The minimum absolute atomic E-state index is 0.500. The second kappa shape index (κ2) is 3.99. The van der Waals surface area contributed by atoms with Crippen molar-refractivity contribution in [3.8, 4) is 6.07 Å². The van der Waals surface area contributed by atoms with Gasteiger partial charge in [0.2, 0.25) is 0 Å². The normalized spacial score (nSPS) is 19.8. The highest BCUT2D eigenvalue weighted by molar-refractivity contribution is 5.14. The van der Waals surface area contributed by atoms with Gasteiger partial charge < -0.3 is 5.43 Å². The van der Waals surface area contributed by atoms with Crippen molar-refractivity contribution in [1.82, 2.24) is 5.43 Å². The van der Waals surface area contributed by atoms with E-state index in [0.717, 1.165) is 18.5 Å². The Morgan fingerprint density at radius 2 is 2.18 bits per heavy atom. The van der Waals surface area contributed by atoms with E-state index < -0.39 is 0 Å². The Bertz CT molecular complexity index is 184. The lowest BCUT2D eigenvalue weighted by molar-refractivity contribution is 0.586. The summed E-state index contributed by atoms with van der Waals surface area (Å²) >= 11 is 0. The van der Waals surface area contributed by atoms with Crippen LogP contribution in [0.25, 0.3) is 0 Å². The van der Waals surface area contributed by atoms with Crippen LogP contribution >= 0.6 is 0 Å². The van der Waals surface area contributed by atoms with Crippen molar-refractivity contribution >= 4 is 0 Å². The Balaban J connectivity index is 2.55. The van der Waals surface area contributed by atoms with Gasteiger partial charge in [-0.3, -0.25) is 5.84 Å². The van der Waals surface area contributed by atoms with E-state index >= 15 is 0 Å². The monoisotopic (exact) mass is 151 g/mol. The Kier molecular flexibility index (Phi) is 2.94. The standard InChI is InChI=1S/C8H13N3/c9-6-5-8(11-10)7-3-1-2-4-7/h5,7,11H,1-4,10H2/b8-5-. The van der Waals surface area contributed by atoms with Crippen molar-refractivity contribution in [2.45, 2.75) is 25.7 Å². The Labute approximate surface area is 66.9 Å². The number of hydrogen-bond donors (Lipinski definition) is 2. The first kappa shape index (κ1) is 8.09. The summed E-state index contributed by atoms with van der Waals surface area (Å²) in [4.78, 5) is 0. The Morgan fingerprint density at radius 1 is 1.55 bits per heavy atom. The van der Waals surface area contributed by atoms with Crippen LogP contribution in [0, 0.1) is 17.2 Å². The number of nitrogens with one attached hydrogen (secondary N) is 1. The number of nitriles is 1. The van der Waals surface area contributed by atoms with Gasteiger partial charge in [0.25, 0.3) is 0 Å². The Morgan fingerprint density at radius 3 is 2.64 bits per heavy atom. The molecule has 0 saturated heterocycles. The molecule has 3 nitrogen and oxygen atoms in total. The number of nitrogens with two attached hydrogens (primary N) is 1. The van der Waals surface area contributed by atoms with Gasteiger partial charge in [-0.25, -0.2) is 0 Å². The molecule has 0 aromatic carbocycles. The summed E-state index contributed by atoms with van der Waals surface area (Å²) in [6, 6.07) is 1.99. The summed E-state index contributed by atoms with van der Waals surface area (Å²) in [7, 11) is 0. The molecule has 0 atom stereocenters. The predicted molar refractivity (Wildman–Crippen MR) is 43.0 cm³/mol. The zero-order valence-corrected chi connectivity index (χ0v) is 6.51. The first-order valence-electron chi connectivity index (χ1n) is 3.94. The van der Waals surface area contributed by atoms with E-state index in [0.29, 0.717) is 5.92 Å². The third-order valence-corrected chi connectivity index (χ3v) is 2.18. The van der Waals surface area contributed by atoms with Gasteiger partial charge in [-0.1, -0.05) is 12.8 Å². The lowest BCUT2D eigenvalue weighted by atomic mass is 10.0. The summed E-state index contributed by atoms with van der Waals surface area (Å²) in [6.45, 7) is 0. The predicted octanol–water partition coefficient (Wildman–Crippen LogP) is 1.05. The van der Waals surface area contributed by atoms with Crippen molar-refractivity contribution in [3.63, 3.8) is 0 Å². The molecular formula is C8H13N3. The number of rotatable bonds is 2.